The molecule has 0 saturated carbocycles. The number of Topliss-reactive ketones (excluding diaryl/α,β-unsaturated/α-hetero) is 1. The summed E-state index contributed by atoms with van der Waals surface area (Å²) in [7, 11) is 1.78. The Balaban J connectivity index is 1.71. The van der Waals surface area contributed by atoms with Crippen molar-refractivity contribution in [1.82, 2.24) is 19.7 Å². The van der Waals surface area contributed by atoms with Gasteiger partial charge in [0.2, 0.25) is 0 Å². The van der Waals surface area contributed by atoms with Crippen molar-refractivity contribution in [3.8, 4) is 0 Å². The molecule has 0 aliphatic heterocycles. The third kappa shape index (κ3) is 3.65. The zero-order valence-corrected chi connectivity index (χ0v) is 15.7. The maximum atomic E-state index is 12.7. The van der Waals surface area contributed by atoms with Crippen molar-refractivity contribution < 1.29 is 14.3 Å². The SMILES string of the molecule is CCOC(=O)Cc1nnc(SCC(=O)c2c(C)[nH]c3ccccc23)n1C. The molecule has 136 valence electrons. The first-order valence-electron chi connectivity index (χ1n) is 8.28. The van der Waals surface area contributed by atoms with Gasteiger partial charge in [-0.3, -0.25) is 9.59 Å². The van der Waals surface area contributed by atoms with E-state index in [1.807, 2.05) is 31.2 Å². The number of rotatable bonds is 7. The quantitative estimate of drug-likeness (QED) is 0.390. The number of fused-ring (bicyclic) bond motifs is 1. The van der Waals surface area contributed by atoms with Gasteiger partial charge in [-0.2, -0.15) is 0 Å². The average molecular weight is 372 g/mol. The van der Waals surface area contributed by atoms with E-state index in [2.05, 4.69) is 15.2 Å². The number of para-hydroxylation sites is 1. The van der Waals surface area contributed by atoms with Gasteiger partial charge in [0, 0.05) is 29.2 Å². The van der Waals surface area contributed by atoms with Crippen LogP contribution in [-0.2, 0) is 23.0 Å². The Morgan fingerprint density at radius 2 is 2.04 bits per heavy atom. The minimum Gasteiger partial charge on any atom is -0.466 e. The van der Waals surface area contributed by atoms with Crippen molar-refractivity contribution in [3.05, 3.63) is 41.3 Å². The van der Waals surface area contributed by atoms with Crippen LogP contribution in [0.25, 0.3) is 10.9 Å². The Kier molecular flexibility index (Phi) is 5.41. The lowest BCUT2D eigenvalue weighted by Crippen LogP contribution is -2.11. The molecule has 0 radical (unpaired) electrons. The third-order valence-electron chi connectivity index (χ3n) is 4.04. The zero-order chi connectivity index (χ0) is 18.7. The lowest BCUT2D eigenvalue weighted by molar-refractivity contribution is -0.142. The monoisotopic (exact) mass is 372 g/mol. The van der Waals surface area contributed by atoms with Crippen LogP contribution in [0.5, 0.6) is 0 Å². The van der Waals surface area contributed by atoms with Gasteiger partial charge in [-0.1, -0.05) is 30.0 Å². The van der Waals surface area contributed by atoms with Gasteiger partial charge >= 0.3 is 5.97 Å². The second-order valence-electron chi connectivity index (χ2n) is 5.82. The highest BCUT2D eigenvalue weighted by Crippen LogP contribution is 2.25. The van der Waals surface area contributed by atoms with Crippen LogP contribution in [0.3, 0.4) is 0 Å². The van der Waals surface area contributed by atoms with Crippen molar-refractivity contribution in [2.24, 2.45) is 7.05 Å². The van der Waals surface area contributed by atoms with Gasteiger partial charge in [0.1, 0.15) is 12.2 Å². The van der Waals surface area contributed by atoms with Gasteiger partial charge in [0.05, 0.1) is 12.4 Å². The van der Waals surface area contributed by atoms with Gasteiger partial charge in [-0.25, -0.2) is 0 Å². The van der Waals surface area contributed by atoms with E-state index in [0.29, 0.717) is 23.2 Å². The summed E-state index contributed by atoms with van der Waals surface area (Å²) in [6, 6.07) is 7.75. The molecule has 0 unspecified atom stereocenters. The minimum atomic E-state index is -0.343. The molecule has 26 heavy (non-hydrogen) atoms. The van der Waals surface area contributed by atoms with Crippen LogP contribution < -0.4 is 0 Å². The predicted octanol–water partition coefficient (Wildman–Crippen LogP) is 2.69. The number of nitrogens with one attached hydrogen (secondary N) is 1. The molecule has 0 fully saturated rings. The summed E-state index contributed by atoms with van der Waals surface area (Å²) in [4.78, 5) is 27.6. The summed E-state index contributed by atoms with van der Waals surface area (Å²) in [5.41, 5.74) is 2.52. The van der Waals surface area contributed by atoms with Gasteiger partial charge in [-0.15, -0.1) is 10.2 Å². The number of carbonyl (C=O) groups excluding carboxylic acids is 2. The highest BCUT2D eigenvalue weighted by atomic mass is 32.2. The van der Waals surface area contributed by atoms with Crippen LogP contribution in [0, 0.1) is 6.92 Å². The van der Waals surface area contributed by atoms with Crippen molar-refractivity contribution in [2.45, 2.75) is 25.4 Å². The van der Waals surface area contributed by atoms with E-state index in [1.54, 1.807) is 18.5 Å². The molecule has 0 amide bonds. The molecule has 0 saturated heterocycles. The Hall–Kier alpha value is -2.61. The van der Waals surface area contributed by atoms with E-state index < -0.39 is 0 Å². The maximum Gasteiger partial charge on any atom is 0.313 e. The first-order valence-corrected chi connectivity index (χ1v) is 9.27. The van der Waals surface area contributed by atoms with Crippen molar-refractivity contribution >= 4 is 34.4 Å². The molecule has 2 aromatic heterocycles. The molecule has 8 heteroatoms. The molecule has 0 bridgehead atoms. The Bertz CT molecular complexity index is 961. The van der Waals surface area contributed by atoms with E-state index in [9.17, 15) is 9.59 Å². The minimum absolute atomic E-state index is 0.0277. The first kappa shape index (κ1) is 18.2. The number of aromatic amines is 1. The summed E-state index contributed by atoms with van der Waals surface area (Å²) in [6.45, 7) is 3.99. The standard InChI is InChI=1S/C18H20N4O3S/c1-4-25-16(24)9-15-20-21-18(22(15)3)26-10-14(23)17-11(2)19-13-8-6-5-7-12(13)17/h5-8,19H,4,9-10H2,1-3H3. The average Bonchev–Trinajstić information content (AvgIpc) is 3.12. The molecule has 0 aliphatic rings. The van der Waals surface area contributed by atoms with Gasteiger partial charge < -0.3 is 14.3 Å². The Morgan fingerprint density at radius 3 is 2.81 bits per heavy atom. The molecule has 3 aromatic rings. The number of aromatic nitrogens is 4. The number of esters is 1. The van der Waals surface area contributed by atoms with Crippen LogP contribution in [0.4, 0.5) is 0 Å². The summed E-state index contributed by atoms with van der Waals surface area (Å²) < 4.78 is 6.65. The van der Waals surface area contributed by atoms with Crippen LogP contribution in [-0.4, -0.2) is 43.9 Å². The Labute approximate surface area is 155 Å². The lowest BCUT2D eigenvalue weighted by Gasteiger charge is -2.04. The van der Waals surface area contributed by atoms with Gasteiger partial charge in [0.25, 0.3) is 0 Å². The predicted molar refractivity (Wildman–Crippen MR) is 99.4 cm³/mol. The van der Waals surface area contributed by atoms with E-state index in [0.717, 1.165) is 16.6 Å². The molecule has 2 heterocycles. The number of ketones is 1. The summed E-state index contributed by atoms with van der Waals surface area (Å²) in [6.07, 6.45) is 0.0629. The highest BCUT2D eigenvalue weighted by Gasteiger charge is 2.18. The number of ether oxygens (including phenoxy) is 1. The van der Waals surface area contributed by atoms with E-state index in [1.165, 1.54) is 11.8 Å². The first-order chi connectivity index (χ1) is 12.5. The lowest BCUT2D eigenvalue weighted by atomic mass is 10.1. The second kappa shape index (κ2) is 7.74. The number of benzene rings is 1. The molecule has 1 aromatic carbocycles. The van der Waals surface area contributed by atoms with Gasteiger partial charge in [0.15, 0.2) is 10.9 Å². The number of aryl methyl sites for hydroxylation is 1. The molecule has 0 atom stereocenters. The van der Waals surface area contributed by atoms with Crippen molar-refractivity contribution in [2.75, 3.05) is 12.4 Å². The van der Waals surface area contributed by atoms with E-state index in [-0.39, 0.29) is 23.9 Å². The molecule has 1 N–H and O–H groups in total. The second-order valence-corrected chi connectivity index (χ2v) is 6.76. The maximum absolute atomic E-state index is 12.7. The fraction of sp³-hybridized carbons (Fsp3) is 0.333. The van der Waals surface area contributed by atoms with Crippen molar-refractivity contribution in [1.29, 1.82) is 0 Å². The summed E-state index contributed by atoms with van der Waals surface area (Å²) >= 11 is 1.31. The normalized spacial score (nSPS) is 11.0. The summed E-state index contributed by atoms with van der Waals surface area (Å²) in [5.74, 6) is 0.445. The van der Waals surface area contributed by atoms with Crippen molar-refractivity contribution in [3.63, 3.8) is 0 Å². The zero-order valence-electron chi connectivity index (χ0n) is 14.9. The number of hydrogen-bond acceptors (Lipinski definition) is 6. The fourth-order valence-corrected chi connectivity index (χ4v) is 3.61. The molecule has 3 rings (SSSR count). The topological polar surface area (TPSA) is 89.9 Å². The number of carbonyl (C=O) groups is 2. The van der Waals surface area contributed by atoms with Crippen LogP contribution >= 0.6 is 11.8 Å². The Morgan fingerprint density at radius 1 is 1.27 bits per heavy atom. The van der Waals surface area contributed by atoms with Crippen LogP contribution in [0.1, 0.15) is 28.8 Å². The number of H-pyrrole nitrogens is 1. The molecule has 0 aliphatic carbocycles. The van der Waals surface area contributed by atoms with Gasteiger partial charge in [-0.05, 0) is 19.9 Å². The highest BCUT2D eigenvalue weighted by molar-refractivity contribution is 7.99. The molecular formula is C18H20N4O3S. The third-order valence-corrected chi connectivity index (χ3v) is 5.06. The number of nitrogens with zero attached hydrogens (tertiary/aromatic N) is 3. The molecule has 0 spiro atoms. The number of hydrogen-bond donors (Lipinski definition) is 1. The smallest absolute Gasteiger partial charge is 0.313 e. The largest absolute Gasteiger partial charge is 0.466 e. The number of thioether (sulfide) groups is 1. The van der Waals surface area contributed by atoms with Crippen LogP contribution in [0.15, 0.2) is 29.4 Å². The fourth-order valence-electron chi connectivity index (χ4n) is 2.80. The van der Waals surface area contributed by atoms with E-state index in [4.69, 9.17) is 4.74 Å². The van der Waals surface area contributed by atoms with Crippen LogP contribution in [0.2, 0.25) is 0 Å². The molecular weight excluding hydrogens is 352 g/mol. The van der Waals surface area contributed by atoms with E-state index >= 15 is 0 Å². The molecule has 7 nitrogen and oxygen atoms in total. The summed E-state index contributed by atoms with van der Waals surface area (Å²) in [5, 5.41) is 9.62.